The van der Waals surface area contributed by atoms with Gasteiger partial charge in [-0.1, -0.05) is 12.1 Å². The van der Waals surface area contributed by atoms with E-state index in [1.165, 1.54) is 9.13 Å². The number of methoxy groups -OCH3 is 1. The molecule has 0 spiro atoms. The zero-order valence-corrected chi connectivity index (χ0v) is 12.4. The summed E-state index contributed by atoms with van der Waals surface area (Å²) in [6, 6.07) is 16.2. The molecule has 18 heavy (non-hydrogen) atoms. The first kappa shape index (κ1) is 13.2. The van der Waals surface area contributed by atoms with Crippen LogP contribution in [0, 0.1) is 3.57 Å². The summed E-state index contributed by atoms with van der Waals surface area (Å²) in [6.07, 6.45) is 0.899. The topological polar surface area (TPSA) is 18.5 Å². The van der Waals surface area contributed by atoms with Crippen LogP contribution >= 0.6 is 22.6 Å². The van der Waals surface area contributed by atoms with Gasteiger partial charge >= 0.3 is 0 Å². The molecule has 2 rings (SSSR count). The van der Waals surface area contributed by atoms with Crippen molar-refractivity contribution in [2.24, 2.45) is 0 Å². The van der Waals surface area contributed by atoms with Gasteiger partial charge in [0.2, 0.25) is 0 Å². The summed E-state index contributed by atoms with van der Waals surface area (Å²) in [5, 5.41) is 0. The predicted octanol–water partition coefficient (Wildman–Crippen LogP) is 3.92. The Labute approximate surface area is 121 Å². The van der Waals surface area contributed by atoms with E-state index in [1.807, 2.05) is 36.4 Å². The maximum Gasteiger partial charge on any atom is 0.119 e. The highest BCUT2D eigenvalue weighted by Crippen LogP contribution is 2.15. The van der Waals surface area contributed by atoms with Gasteiger partial charge < -0.3 is 9.47 Å². The van der Waals surface area contributed by atoms with Crippen LogP contribution in [0.2, 0.25) is 0 Å². The van der Waals surface area contributed by atoms with Crippen molar-refractivity contribution in [3.05, 3.63) is 57.7 Å². The van der Waals surface area contributed by atoms with Gasteiger partial charge in [-0.25, -0.2) is 0 Å². The largest absolute Gasteiger partial charge is 0.497 e. The van der Waals surface area contributed by atoms with Gasteiger partial charge in [-0.2, -0.15) is 0 Å². The van der Waals surface area contributed by atoms with Crippen LogP contribution in [-0.2, 0) is 6.42 Å². The summed E-state index contributed by atoms with van der Waals surface area (Å²) in [4.78, 5) is 0. The first-order valence-corrected chi connectivity index (χ1v) is 6.87. The molecule has 94 valence electrons. The molecule has 0 bridgehead atoms. The standard InChI is InChI=1S/C15H15IO2/c1-17-14-6-2-12(3-7-14)10-11-18-15-8-4-13(16)5-9-15/h2-9H,10-11H2,1H3. The quantitative estimate of drug-likeness (QED) is 0.758. The van der Waals surface area contributed by atoms with Crippen LogP contribution in [-0.4, -0.2) is 13.7 Å². The first-order valence-electron chi connectivity index (χ1n) is 5.79. The molecule has 0 N–H and O–H groups in total. The predicted molar refractivity (Wildman–Crippen MR) is 81.4 cm³/mol. The fourth-order valence-electron chi connectivity index (χ4n) is 1.61. The average Bonchev–Trinajstić information content (AvgIpc) is 2.42. The Morgan fingerprint density at radius 3 is 2.11 bits per heavy atom. The molecule has 2 aromatic rings. The number of rotatable bonds is 5. The van der Waals surface area contributed by atoms with Crippen LogP contribution in [0.15, 0.2) is 48.5 Å². The zero-order valence-electron chi connectivity index (χ0n) is 10.2. The molecular formula is C15H15IO2. The van der Waals surface area contributed by atoms with Crippen molar-refractivity contribution in [2.45, 2.75) is 6.42 Å². The molecule has 0 unspecified atom stereocenters. The third-order valence-corrected chi connectivity index (χ3v) is 3.35. The SMILES string of the molecule is COc1ccc(CCOc2ccc(I)cc2)cc1. The highest BCUT2D eigenvalue weighted by Gasteiger charge is 1.97. The number of halogens is 1. The van der Waals surface area contributed by atoms with Crippen molar-refractivity contribution in [3.8, 4) is 11.5 Å². The van der Waals surface area contributed by atoms with Gasteiger partial charge in [0.05, 0.1) is 13.7 Å². The van der Waals surface area contributed by atoms with Gasteiger partial charge in [-0.05, 0) is 64.6 Å². The Morgan fingerprint density at radius 2 is 1.50 bits per heavy atom. The van der Waals surface area contributed by atoms with E-state index in [0.717, 1.165) is 17.9 Å². The van der Waals surface area contributed by atoms with Crippen molar-refractivity contribution < 1.29 is 9.47 Å². The molecule has 0 radical (unpaired) electrons. The number of ether oxygens (including phenoxy) is 2. The fraction of sp³-hybridized carbons (Fsp3) is 0.200. The first-order chi connectivity index (χ1) is 8.78. The van der Waals surface area contributed by atoms with Gasteiger partial charge in [0.1, 0.15) is 11.5 Å². The molecule has 0 aliphatic rings. The summed E-state index contributed by atoms with van der Waals surface area (Å²) in [6.45, 7) is 0.687. The summed E-state index contributed by atoms with van der Waals surface area (Å²) in [5.41, 5.74) is 1.25. The van der Waals surface area contributed by atoms with E-state index in [0.29, 0.717) is 6.61 Å². The number of hydrogen-bond donors (Lipinski definition) is 0. The summed E-state index contributed by atoms with van der Waals surface area (Å²) in [5.74, 6) is 1.81. The van der Waals surface area contributed by atoms with Crippen molar-refractivity contribution in [1.29, 1.82) is 0 Å². The van der Waals surface area contributed by atoms with E-state index in [2.05, 4.69) is 34.7 Å². The molecule has 2 aromatic carbocycles. The highest BCUT2D eigenvalue weighted by atomic mass is 127. The lowest BCUT2D eigenvalue weighted by Crippen LogP contribution is -2.01. The summed E-state index contributed by atoms with van der Waals surface area (Å²) in [7, 11) is 1.68. The molecule has 0 saturated carbocycles. The molecular weight excluding hydrogens is 339 g/mol. The second kappa shape index (κ2) is 6.64. The second-order valence-corrected chi connectivity index (χ2v) is 5.15. The number of hydrogen-bond acceptors (Lipinski definition) is 2. The maximum atomic E-state index is 5.69. The smallest absolute Gasteiger partial charge is 0.119 e. The molecule has 0 fully saturated rings. The highest BCUT2D eigenvalue weighted by molar-refractivity contribution is 14.1. The van der Waals surface area contributed by atoms with Crippen LogP contribution in [0.3, 0.4) is 0 Å². The minimum absolute atomic E-state index is 0.687. The molecule has 0 aliphatic heterocycles. The zero-order chi connectivity index (χ0) is 12.8. The molecule has 0 aliphatic carbocycles. The lowest BCUT2D eigenvalue weighted by atomic mass is 10.1. The Bertz CT molecular complexity index is 477. The van der Waals surface area contributed by atoms with Crippen LogP contribution in [0.4, 0.5) is 0 Å². The van der Waals surface area contributed by atoms with Gasteiger partial charge in [-0.15, -0.1) is 0 Å². The summed E-state index contributed by atoms with van der Waals surface area (Å²) >= 11 is 2.28. The minimum atomic E-state index is 0.687. The Hall–Kier alpha value is -1.23. The van der Waals surface area contributed by atoms with E-state index >= 15 is 0 Å². The Balaban J connectivity index is 1.82. The van der Waals surface area contributed by atoms with Crippen molar-refractivity contribution >= 4 is 22.6 Å². The van der Waals surface area contributed by atoms with Gasteiger partial charge in [0.15, 0.2) is 0 Å². The molecule has 0 atom stereocenters. The van der Waals surface area contributed by atoms with Crippen molar-refractivity contribution in [2.75, 3.05) is 13.7 Å². The van der Waals surface area contributed by atoms with E-state index < -0.39 is 0 Å². The minimum Gasteiger partial charge on any atom is -0.497 e. The van der Waals surface area contributed by atoms with Gasteiger partial charge in [0.25, 0.3) is 0 Å². The van der Waals surface area contributed by atoms with E-state index in [9.17, 15) is 0 Å². The Morgan fingerprint density at radius 1 is 0.889 bits per heavy atom. The fourth-order valence-corrected chi connectivity index (χ4v) is 1.97. The van der Waals surface area contributed by atoms with Crippen LogP contribution < -0.4 is 9.47 Å². The number of benzene rings is 2. The van der Waals surface area contributed by atoms with Crippen LogP contribution in [0.25, 0.3) is 0 Å². The molecule has 0 saturated heterocycles. The van der Waals surface area contributed by atoms with E-state index in [1.54, 1.807) is 7.11 Å². The van der Waals surface area contributed by atoms with Crippen molar-refractivity contribution in [3.63, 3.8) is 0 Å². The van der Waals surface area contributed by atoms with Gasteiger partial charge in [-0.3, -0.25) is 0 Å². The maximum absolute atomic E-state index is 5.69. The molecule has 0 heterocycles. The third-order valence-electron chi connectivity index (χ3n) is 2.63. The Kier molecular flexibility index (Phi) is 4.87. The second-order valence-electron chi connectivity index (χ2n) is 3.90. The third kappa shape index (κ3) is 3.91. The van der Waals surface area contributed by atoms with Crippen LogP contribution in [0.5, 0.6) is 11.5 Å². The molecule has 2 nitrogen and oxygen atoms in total. The lowest BCUT2D eigenvalue weighted by molar-refractivity contribution is 0.322. The van der Waals surface area contributed by atoms with Crippen LogP contribution in [0.1, 0.15) is 5.56 Å². The summed E-state index contributed by atoms with van der Waals surface area (Å²) < 4.78 is 12.0. The lowest BCUT2D eigenvalue weighted by Gasteiger charge is -2.07. The molecule has 3 heteroatoms. The molecule has 0 aromatic heterocycles. The average molecular weight is 354 g/mol. The monoisotopic (exact) mass is 354 g/mol. The van der Waals surface area contributed by atoms with Crippen molar-refractivity contribution in [1.82, 2.24) is 0 Å². The van der Waals surface area contributed by atoms with E-state index in [-0.39, 0.29) is 0 Å². The molecule has 0 amide bonds. The normalized spacial score (nSPS) is 10.1. The van der Waals surface area contributed by atoms with E-state index in [4.69, 9.17) is 9.47 Å². The van der Waals surface area contributed by atoms with Gasteiger partial charge in [0, 0.05) is 9.99 Å².